The summed E-state index contributed by atoms with van der Waals surface area (Å²) in [6, 6.07) is 14.4. The highest BCUT2D eigenvalue weighted by molar-refractivity contribution is 7.21. The Morgan fingerprint density at radius 2 is 1.80 bits per heavy atom. The molecule has 2 aromatic carbocycles. The number of hydrogen-bond acceptors (Lipinski definition) is 4. The number of Topliss-reactive ketones (excluding diaryl/α,β-unsaturated/α-hetero) is 1. The molecule has 7 heteroatoms. The van der Waals surface area contributed by atoms with E-state index in [0.29, 0.717) is 11.3 Å². The number of benzene rings is 2. The number of aryl methyl sites for hydroxylation is 1. The first-order chi connectivity index (χ1) is 14.5. The second-order valence-corrected chi connectivity index (χ2v) is 8.52. The van der Waals surface area contributed by atoms with Gasteiger partial charge in [-0.25, -0.2) is 4.79 Å². The molecule has 3 heterocycles. The maximum Gasteiger partial charge on any atom is 0.325 e. The van der Waals surface area contributed by atoms with Gasteiger partial charge in [-0.05, 0) is 35.6 Å². The monoisotopic (exact) mass is 417 g/mol. The minimum Gasteiger partial charge on any atom is -0.361 e. The van der Waals surface area contributed by atoms with Crippen LogP contribution in [0.2, 0.25) is 0 Å². The standard InChI is InChI=1S/C23H19N3O3S/c1-13-15-6-3-5-9-20(15)30-21(13)19(27)12-26-22(28)18(25-23(26)29)10-14-11-24-17-8-4-2-7-16(14)17/h2-9,11,18,24H,10,12H2,1H3,(H,25,29)/t18-/m1/s1. The van der Waals surface area contributed by atoms with Crippen LogP contribution in [-0.4, -0.2) is 40.2 Å². The van der Waals surface area contributed by atoms with Gasteiger partial charge in [0.2, 0.25) is 0 Å². The van der Waals surface area contributed by atoms with Crippen LogP contribution < -0.4 is 5.32 Å². The second kappa shape index (κ2) is 7.11. The van der Waals surface area contributed by atoms with Crippen molar-refractivity contribution < 1.29 is 14.4 Å². The predicted octanol–water partition coefficient (Wildman–Crippen LogP) is 4.04. The molecule has 150 valence electrons. The highest BCUT2D eigenvalue weighted by Crippen LogP contribution is 2.31. The molecule has 0 spiro atoms. The number of amides is 3. The number of H-pyrrole nitrogens is 1. The van der Waals surface area contributed by atoms with Crippen LogP contribution >= 0.6 is 11.3 Å². The lowest BCUT2D eigenvalue weighted by molar-refractivity contribution is -0.127. The van der Waals surface area contributed by atoms with Crippen molar-refractivity contribution in [2.45, 2.75) is 19.4 Å². The summed E-state index contributed by atoms with van der Waals surface area (Å²) >= 11 is 1.40. The fourth-order valence-corrected chi connectivity index (χ4v) is 5.18. The Morgan fingerprint density at radius 3 is 2.60 bits per heavy atom. The Bertz CT molecular complexity index is 1320. The fourth-order valence-electron chi connectivity index (χ4n) is 4.04. The Hall–Kier alpha value is -3.45. The molecule has 0 aliphatic carbocycles. The van der Waals surface area contributed by atoms with Crippen molar-refractivity contribution in [2.24, 2.45) is 0 Å². The minimum atomic E-state index is -0.673. The SMILES string of the molecule is Cc1c(C(=O)CN2C(=O)N[C@H](Cc3c[nH]c4ccccc34)C2=O)sc2ccccc12. The third-order valence-electron chi connectivity index (χ3n) is 5.60. The van der Waals surface area contributed by atoms with Gasteiger partial charge in [0.05, 0.1) is 11.4 Å². The van der Waals surface area contributed by atoms with Gasteiger partial charge in [-0.2, -0.15) is 0 Å². The van der Waals surface area contributed by atoms with E-state index in [-0.39, 0.29) is 18.2 Å². The van der Waals surface area contributed by atoms with E-state index < -0.39 is 12.1 Å². The maximum absolute atomic E-state index is 12.9. The van der Waals surface area contributed by atoms with E-state index in [4.69, 9.17) is 0 Å². The number of carbonyl (C=O) groups is 3. The van der Waals surface area contributed by atoms with Crippen LogP contribution in [0.1, 0.15) is 20.8 Å². The number of imide groups is 1. The summed E-state index contributed by atoms with van der Waals surface area (Å²) in [4.78, 5) is 43.1. The predicted molar refractivity (Wildman–Crippen MR) is 117 cm³/mol. The van der Waals surface area contributed by atoms with Crippen LogP contribution in [0.25, 0.3) is 21.0 Å². The molecule has 1 atom stereocenters. The number of rotatable bonds is 5. The van der Waals surface area contributed by atoms with Crippen molar-refractivity contribution in [1.29, 1.82) is 0 Å². The Kier molecular flexibility index (Phi) is 4.40. The molecule has 4 aromatic rings. The number of urea groups is 1. The average Bonchev–Trinajstić information content (AvgIpc) is 3.39. The largest absolute Gasteiger partial charge is 0.361 e. The third kappa shape index (κ3) is 2.98. The van der Waals surface area contributed by atoms with Gasteiger partial charge in [-0.15, -0.1) is 11.3 Å². The quantitative estimate of drug-likeness (QED) is 0.380. The van der Waals surface area contributed by atoms with Gasteiger partial charge in [0.25, 0.3) is 5.91 Å². The third-order valence-corrected chi connectivity index (χ3v) is 6.92. The number of fused-ring (bicyclic) bond motifs is 2. The lowest BCUT2D eigenvalue weighted by Crippen LogP contribution is -2.36. The van der Waals surface area contributed by atoms with Crippen molar-refractivity contribution in [3.05, 3.63) is 70.7 Å². The van der Waals surface area contributed by atoms with Crippen LogP contribution in [0.15, 0.2) is 54.7 Å². The van der Waals surface area contributed by atoms with Crippen molar-refractivity contribution in [2.75, 3.05) is 6.54 Å². The van der Waals surface area contributed by atoms with Gasteiger partial charge in [-0.1, -0.05) is 36.4 Å². The highest BCUT2D eigenvalue weighted by atomic mass is 32.1. The lowest BCUT2D eigenvalue weighted by Gasteiger charge is -2.12. The molecule has 1 aliphatic heterocycles. The fraction of sp³-hybridized carbons (Fsp3) is 0.174. The summed E-state index contributed by atoms with van der Waals surface area (Å²) in [5, 5.41) is 4.78. The van der Waals surface area contributed by atoms with Gasteiger partial charge in [0.15, 0.2) is 5.78 Å². The zero-order valence-electron chi connectivity index (χ0n) is 16.3. The Morgan fingerprint density at radius 1 is 1.07 bits per heavy atom. The van der Waals surface area contributed by atoms with Gasteiger partial charge >= 0.3 is 6.03 Å². The van der Waals surface area contributed by atoms with E-state index in [1.807, 2.05) is 61.7 Å². The molecule has 0 saturated carbocycles. The molecule has 5 rings (SSSR count). The van der Waals surface area contributed by atoms with E-state index in [1.54, 1.807) is 0 Å². The van der Waals surface area contributed by atoms with E-state index in [1.165, 1.54) is 11.3 Å². The van der Waals surface area contributed by atoms with Gasteiger partial charge in [0, 0.05) is 28.2 Å². The van der Waals surface area contributed by atoms with E-state index in [9.17, 15) is 14.4 Å². The highest BCUT2D eigenvalue weighted by Gasteiger charge is 2.39. The molecule has 0 radical (unpaired) electrons. The van der Waals surface area contributed by atoms with Gasteiger partial charge in [0.1, 0.15) is 6.04 Å². The first kappa shape index (κ1) is 18.6. The Balaban J connectivity index is 1.35. The number of thiophene rings is 1. The van der Waals surface area contributed by atoms with Crippen LogP contribution in [0, 0.1) is 6.92 Å². The first-order valence-electron chi connectivity index (χ1n) is 9.71. The average molecular weight is 417 g/mol. The molecule has 1 fully saturated rings. The number of aromatic nitrogens is 1. The number of para-hydroxylation sites is 1. The molecule has 30 heavy (non-hydrogen) atoms. The molecule has 3 amide bonds. The normalized spacial score (nSPS) is 16.6. The smallest absolute Gasteiger partial charge is 0.325 e. The summed E-state index contributed by atoms with van der Waals surface area (Å²) in [5.74, 6) is -0.581. The molecule has 0 bridgehead atoms. The topological polar surface area (TPSA) is 82.3 Å². The summed E-state index contributed by atoms with van der Waals surface area (Å²) in [5.41, 5.74) is 2.83. The van der Waals surface area contributed by atoms with Crippen LogP contribution in [-0.2, 0) is 11.2 Å². The number of nitrogens with one attached hydrogen (secondary N) is 2. The molecule has 1 aliphatic rings. The first-order valence-corrected chi connectivity index (χ1v) is 10.5. The van der Waals surface area contributed by atoms with E-state index in [0.717, 1.165) is 37.0 Å². The summed E-state index contributed by atoms with van der Waals surface area (Å²) in [6.07, 6.45) is 2.24. The van der Waals surface area contributed by atoms with Crippen LogP contribution in [0.4, 0.5) is 4.79 Å². The van der Waals surface area contributed by atoms with Crippen molar-refractivity contribution >= 4 is 50.0 Å². The number of hydrogen-bond donors (Lipinski definition) is 2. The summed E-state index contributed by atoms with van der Waals surface area (Å²) in [7, 11) is 0. The zero-order valence-corrected chi connectivity index (χ0v) is 17.1. The van der Waals surface area contributed by atoms with Gasteiger partial charge < -0.3 is 10.3 Å². The number of nitrogens with zero attached hydrogens (tertiary/aromatic N) is 1. The van der Waals surface area contributed by atoms with Crippen molar-refractivity contribution in [1.82, 2.24) is 15.2 Å². The van der Waals surface area contributed by atoms with Crippen LogP contribution in [0.5, 0.6) is 0 Å². The van der Waals surface area contributed by atoms with Crippen molar-refractivity contribution in [3.8, 4) is 0 Å². The minimum absolute atomic E-state index is 0.218. The molecule has 0 unspecified atom stereocenters. The van der Waals surface area contributed by atoms with Crippen molar-refractivity contribution in [3.63, 3.8) is 0 Å². The summed E-state index contributed by atoms with van der Waals surface area (Å²) < 4.78 is 1.02. The number of carbonyl (C=O) groups excluding carboxylic acids is 3. The molecule has 2 N–H and O–H groups in total. The zero-order chi connectivity index (χ0) is 20.8. The molecule has 6 nitrogen and oxygen atoms in total. The maximum atomic E-state index is 12.9. The molecular formula is C23H19N3O3S. The van der Waals surface area contributed by atoms with E-state index in [2.05, 4.69) is 10.3 Å². The molecule has 2 aromatic heterocycles. The molecular weight excluding hydrogens is 398 g/mol. The van der Waals surface area contributed by atoms with Gasteiger partial charge in [-0.3, -0.25) is 14.5 Å². The number of aromatic amines is 1. The molecule has 1 saturated heterocycles. The Labute approximate surface area is 176 Å². The summed E-state index contributed by atoms with van der Waals surface area (Å²) in [6.45, 7) is 1.65. The number of ketones is 1. The van der Waals surface area contributed by atoms with Crippen LogP contribution in [0.3, 0.4) is 0 Å². The second-order valence-electron chi connectivity index (χ2n) is 7.47. The lowest BCUT2D eigenvalue weighted by atomic mass is 10.0. The van der Waals surface area contributed by atoms with E-state index >= 15 is 0 Å².